The van der Waals surface area contributed by atoms with Gasteiger partial charge in [0.1, 0.15) is 12.4 Å². The number of carbonyl (C=O) groups is 2. The number of ether oxygens (including phenoxy) is 2. The normalized spacial score (nSPS) is 16.6. The number of benzene rings is 2. The summed E-state index contributed by atoms with van der Waals surface area (Å²) in [6.07, 6.45) is 0.487. The summed E-state index contributed by atoms with van der Waals surface area (Å²) in [4.78, 5) is 24.2. The molecule has 0 radical (unpaired) electrons. The summed E-state index contributed by atoms with van der Waals surface area (Å²) in [5, 5.41) is 3.39. The Labute approximate surface area is 163 Å². The minimum absolute atomic E-state index is 0.179. The molecule has 1 amide bonds. The van der Waals surface area contributed by atoms with Crippen molar-refractivity contribution in [1.29, 1.82) is 0 Å². The van der Waals surface area contributed by atoms with Crippen LogP contribution in [0.4, 0.5) is 0 Å². The molecule has 0 fully saturated rings. The first-order valence-corrected chi connectivity index (χ1v) is 9.30. The Bertz CT molecular complexity index is 809. The van der Waals surface area contributed by atoms with E-state index in [0.717, 1.165) is 16.9 Å². The second-order valence-electron chi connectivity index (χ2n) is 6.69. The van der Waals surface area contributed by atoms with Crippen LogP contribution in [-0.4, -0.2) is 31.6 Å². The first kappa shape index (κ1) is 19.2. The highest BCUT2D eigenvalue weighted by atomic mass is 35.5. The molecule has 2 aromatic rings. The largest absolute Gasteiger partial charge is 0.492 e. The van der Waals surface area contributed by atoms with Gasteiger partial charge >= 0.3 is 5.97 Å². The minimum Gasteiger partial charge on any atom is -0.492 e. The van der Waals surface area contributed by atoms with Gasteiger partial charge in [0.15, 0.2) is 6.61 Å². The van der Waals surface area contributed by atoms with Crippen LogP contribution in [0.5, 0.6) is 5.75 Å². The maximum absolute atomic E-state index is 12.2. The quantitative estimate of drug-likeness (QED) is 0.772. The average molecular weight is 388 g/mol. The van der Waals surface area contributed by atoms with Gasteiger partial charge in [0.2, 0.25) is 0 Å². The molecule has 0 spiro atoms. The zero-order valence-electron chi connectivity index (χ0n) is 15.1. The molecule has 1 heterocycles. The number of esters is 1. The second kappa shape index (κ2) is 8.91. The molecule has 0 saturated carbocycles. The molecule has 0 bridgehead atoms. The lowest BCUT2D eigenvalue weighted by atomic mass is 9.97. The summed E-state index contributed by atoms with van der Waals surface area (Å²) in [5.74, 6) is -0.278. The van der Waals surface area contributed by atoms with Gasteiger partial charge in [-0.3, -0.25) is 9.59 Å². The van der Waals surface area contributed by atoms with E-state index in [-0.39, 0.29) is 25.0 Å². The van der Waals surface area contributed by atoms with Crippen LogP contribution < -0.4 is 10.1 Å². The number of fused-ring (bicyclic) bond motifs is 1. The Morgan fingerprint density at radius 1 is 1.26 bits per heavy atom. The highest BCUT2D eigenvalue weighted by Crippen LogP contribution is 2.30. The van der Waals surface area contributed by atoms with Crippen LogP contribution >= 0.6 is 11.6 Å². The van der Waals surface area contributed by atoms with E-state index < -0.39 is 11.9 Å². The van der Waals surface area contributed by atoms with E-state index in [1.54, 1.807) is 18.2 Å². The predicted molar refractivity (Wildman–Crippen MR) is 103 cm³/mol. The Hall–Kier alpha value is -2.53. The number of halogens is 1. The number of hydrogen-bond donors (Lipinski definition) is 1. The highest BCUT2D eigenvalue weighted by Gasteiger charge is 2.28. The van der Waals surface area contributed by atoms with Gasteiger partial charge in [-0.05, 0) is 41.7 Å². The molecule has 1 aliphatic rings. The smallest absolute Gasteiger partial charge is 0.313 e. The van der Waals surface area contributed by atoms with Gasteiger partial charge in [-0.1, -0.05) is 48.9 Å². The number of rotatable bonds is 6. The van der Waals surface area contributed by atoms with Crippen molar-refractivity contribution >= 4 is 23.5 Å². The fourth-order valence-corrected chi connectivity index (χ4v) is 3.18. The molecule has 0 aromatic heterocycles. The molecule has 0 aliphatic carbocycles. The van der Waals surface area contributed by atoms with Crippen molar-refractivity contribution in [3.05, 3.63) is 64.7 Å². The molecule has 2 aromatic carbocycles. The maximum Gasteiger partial charge on any atom is 0.313 e. The predicted octanol–water partition coefficient (Wildman–Crippen LogP) is 3.35. The van der Waals surface area contributed by atoms with Crippen molar-refractivity contribution in [3.63, 3.8) is 0 Å². The fourth-order valence-electron chi connectivity index (χ4n) is 2.99. The van der Waals surface area contributed by atoms with Crippen molar-refractivity contribution in [2.75, 3.05) is 19.8 Å². The molecule has 5 nitrogen and oxygen atoms in total. The third-order valence-electron chi connectivity index (χ3n) is 4.58. The van der Waals surface area contributed by atoms with Gasteiger partial charge in [-0.2, -0.15) is 0 Å². The summed E-state index contributed by atoms with van der Waals surface area (Å²) in [6.45, 7) is 2.46. The third kappa shape index (κ3) is 5.23. The maximum atomic E-state index is 12.2. The van der Waals surface area contributed by atoms with Crippen molar-refractivity contribution in [2.24, 2.45) is 5.92 Å². The molecular formula is C21H22ClNO4. The van der Waals surface area contributed by atoms with Crippen LogP contribution in [0.3, 0.4) is 0 Å². The summed E-state index contributed by atoms with van der Waals surface area (Å²) in [6, 6.07) is 15.2. The number of nitrogens with one attached hydrogen (secondary N) is 1. The Morgan fingerprint density at radius 3 is 2.81 bits per heavy atom. The van der Waals surface area contributed by atoms with Crippen LogP contribution in [0.2, 0.25) is 5.02 Å². The minimum atomic E-state index is -0.438. The van der Waals surface area contributed by atoms with Gasteiger partial charge in [0.25, 0.3) is 5.91 Å². The van der Waals surface area contributed by atoms with E-state index >= 15 is 0 Å². The molecule has 0 saturated heterocycles. The van der Waals surface area contributed by atoms with E-state index in [1.165, 1.54) is 0 Å². The summed E-state index contributed by atoms with van der Waals surface area (Å²) in [5.41, 5.74) is 2.02. The van der Waals surface area contributed by atoms with Gasteiger partial charge in [-0.25, -0.2) is 0 Å². The van der Waals surface area contributed by atoms with E-state index in [2.05, 4.69) is 5.32 Å². The SMILES string of the molecule is C[C@@H](CNC(=O)COC(=O)[C@@H]1COc2ccc(Cl)cc2C1)c1ccccc1. The van der Waals surface area contributed by atoms with Crippen molar-refractivity contribution < 1.29 is 19.1 Å². The van der Waals surface area contributed by atoms with Crippen LogP contribution in [0.25, 0.3) is 0 Å². The van der Waals surface area contributed by atoms with Gasteiger partial charge in [-0.15, -0.1) is 0 Å². The van der Waals surface area contributed by atoms with E-state index in [0.29, 0.717) is 18.0 Å². The molecule has 3 rings (SSSR count). The zero-order chi connectivity index (χ0) is 19.2. The first-order valence-electron chi connectivity index (χ1n) is 8.92. The third-order valence-corrected chi connectivity index (χ3v) is 4.82. The zero-order valence-corrected chi connectivity index (χ0v) is 15.9. The lowest BCUT2D eigenvalue weighted by Gasteiger charge is -2.24. The molecule has 27 heavy (non-hydrogen) atoms. The Balaban J connectivity index is 1.43. The van der Waals surface area contributed by atoms with E-state index in [9.17, 15) is 9.59 Å². The topological polar surface area (TPSA) is 64.6 Å². The molecule has 142 valence electrons. The summed E-state index contributed by atoms with van der Waals surface area (Å²) < 4.78 is 10.7. The second-order valence-corrected chi connectivity index (χ2v) is 7.12. The van der Waals surface area contributed by atoms with Crippen LogP contribution in [0, 0.1) is 5.92 Å². The lowest BCUT2D eigenvalue weighted by molar-refractivity contribution is -0.153. The summed E-state index contributed by atoms with van der Waals surface area (Å²) >= 11 is 5.99. The molecule has 1 N–H and O–H groups in total. The van der Waals surface area contributed by atoms with Gasteiger partial charge < -0.3 is 14.8 Å². The Morgan fingerprint density at radius 2 is 2.04 bits per heavy atom. The van der Waals surface area contributed by atoms with Crippen LogP contribution in [0.1, 0.15) is 24.0 Å². The first-order chi connectivity index (χ1) is 13.0. The molecular weight excluding hydrogens is 366 g/mol. The highest BCUT2D eigenvalue weighted by molar-refractivity contribution is 6.30. The van der Waals surface area contributed by atoms with E-state index in [4.69, 9.17) is 21.1 Å². The standard InChI is InChI=1S/C21H22ClNO4/c1-14(15-5-3-2-4-6-15)11-23-20(24)13-27-21(25)17-9-16-10-18(22)7-8-19(16)26-12-17/h2-8,10,14,17H,9,11-13H2,1H3,(H,23,24)/t14-,17-/m0/s1. The lowest BCUT2D eigenvalue weighted by Crippen LogP contribution is -2.35. The number of amides is 1. The number of carbonyl (C=O) groups excluding carboxylic acids is 2. The van der Waals surface area contributed by atoms with Crippen molar-refractivity contribution in [1.82, 2.24) is 5.32 Å². The van der Waals surface area contributed by atoms with Crippen LogP contribution in [0.15, 0.2) is 48.5 Å². The summed E-state index contributed by atoms with van der Waals surface area (Å²) in [7, 11) is 0. The van der Waals surface area contributed by atoms with E-state index in [1.807, 2.05) is 37.3 Å². The number of hydrogen-bond acceptors (Lipinski definition) is 4. The van der Waals surface area contributed by atoms with Crippen LogP contribution in [-0.2, 0) is 20.7 Å². The monoisotopic (exact) mass is 387 g/mol. The molecule has 0 unspecified atom stereocenters. The van der Waals surface area contributed by atoms with Crippen molar-refractivity contribution in [2.45, 2.75) is 19.3 Å². The van der Waals surface area contributed by atoms with Gasteiger partial charge in [0.05, 0.1) is 5.92 Å². The fraction of sp³-hybridized carbons (Fsp3) is 0.333. The molecule has 6 heteroatoms. The Kier molecular flexibility index (Phi) is 6.35. The van der Waals surface area contributed by atoms with Crippen molar-refractivity contribution in [3.8, 4) is 5.75 Å². The molecule has 1 aliphatic heterocycles. The van der Waals surface area contributed by atoms with Gasteiger partial charge in [0, 0.05) is 11.6 Å². The molecule has 2 atom stereocenters. The average Bonchev–Trinajstić information content (AvgIpc) is 2.70.